The molecule has 1 amide bonds. The van der Waals surface area contributed by atoms with Crippen molar-refractivity contribution in [1.82, 2.24) is 10.3 Å². The number of thiophene rings is 1. The zero-order valence-corrected chi connectivity index (χ0v) is 12.4. The van der Waals surface area contributed by atoms with E-state index in [1.807, 2.05) is 41.8 Å². The summed E-state index contributed by atoms with van der Waals surface area (Å²) in [5.41, 5.74) is 0. The lowest BCUT2D eigenvalue weighted by Gasteiger charge is -2.17. The molecule has 0 saturated carbocycles. The van der Waals surface area contributed by atoms with Crippen LogP contribution in [0.5, 0.6) is 0 Å². The molecule has 1 saturated heterocycles. The van der Waals surface area contributed by atoms with Crippen molar-refractivity contribution in [2.75, 3.05) is 18.0 Å². The van der Waals surface area contributed by atoms with Crippen LogP contribution in [-0.4, -0.2) is 30.0 Å². The second-order valence-corrected chi connectivity index (χ2v) is 5.96. The smallest absolute Gasteiger partial charge is 0.244 e. The Labute approximate surface area is 128 Å². The molecule has 108 valence electrons. The highest BCUT2D eigenvalue weighted by atomic mass is 32.1. The van der Waals surface area contributed by atoms with Crippen LogP contribution in [0, 0.1) is 0 Å². The number of hydrogen-bond donors (Lipinski definition) is 1. The highest BCUT2D eigenvalue weighted by Gasteiger charge is 2.23. The van der Waals surface area contributed by atoms with Crippen LogP contribution in [0.4, 0.5) is 5.82 Å². The molecule has 1 fully saturated rings. The van der Waals surface area contributed by atoms with E-state index in [0.717, 1.165) is 30.2 Å². The molecule has 0 radical (unpaired) electrons. The lowest BCUT2D eigenvalue weighted by molar-refractivity contribution is -0.117. The maximum absolute atomic E-state index is 11.9. The van der Waals surface area contributed by atoms with Gasteiger partial charge in [-0.25, -0.2) is 4.98 Å². The van der Waals surface area contributed by atoms with Crippen LogP contribution in [0.1, 0.15) is 11.3 Å². The number of anilines is 1. The molecule has 1 atom stereocenters. The summed E-state index contributed by atoms with van der Waals surface area (Å²) in [7, 11) is 0. The first-order valence-corrected chi connectivity index (χ1v) is 7.87. The molecule has 2 aromatic heterocycles. The van der Waals surface area contributed by atoms with Gasteiger partial charge in [-0.3, -0.25) is 4.79 Å². The van der Waals surface area contributed by atoms with Gasteiger partial charge in [-0.15, -0.1) is 11.3 Å². The summed E-state index contributed by atoms with van der Waals surface area (Å²) in [5.74, 6) is 0.944. The first kappa shape index (κ1) is 13.8. The molecule has 0 aliphatic carbocycles. The third-order valence-electron chi connectivity index (χ3n) is 3.45. The molecule has 0 bridgehead atoms. The van der Waals surface area contributed by atoms with Crippen molar-refractivity contribution >= 4 is 29.1 Å². The molecule has 1 N–H and O–H groups in total. The number of nitrogens with one attached hydrogen (secondary N) is 1. The lowest BCUT2D eigenvalue weighted by atomic mass is 10.2. The minimum atomic E-state index is -0.0312. The first-order valence-electron chi connectivity index (χ1n) is 6.99. The molecule has 1 unspecified atom stereocenters. The molecule has 2 aromatic rings. The lowest BCUT2D eigenvalue weighted by Crippen LogP contribution is -2.36. The van der Waals surface area contributed by atoms with Gasteiger partial charge in [0, 0.05) is 36.3 Å². The second-order valence-electron chi connectivity index (χ2n) is 4.98. The second kappa shape index (κ2) is 6.54. The molecular formula is C16H17N3OS. The van der Waals surface area contributed by atoms with Crippen LogP contribution in [0.15, 0.2) is 48.0 Å². The monoisotopic (exact) mass is 299 g/mol. The minimum absolute atomic E-state index is 0.0312. The van der Waals surface area contributed by atoms with Crippen molar-refractivity contribution in [3.63, 3.8) is 0 Å². The SMILES string of the molecule is O=C(C=Cc1cccs1)NC1CCN(c2ccccn2)C1. The number of hydrogen-bond acceptors (Lipinski definition) is 4. The van der Waals surface area contributed by atoms with Crippen molar-refractivity contribution in [2.45, 2.75) is 12.5 Å². The fraction of sp³-hybridized carbons (Fsp3) is 0.250. The van der Waals surface area contributed by atoms with Gasteiger partial charge < -0.3 is 10.2 Å². The molecule has 3 rings (SSSR count). The number of nitrogens with zero attached hydrogens (tertiary/aromatic N) is 2. The van der Waals surface area contributed by atoms with Crippen LogP contribution in [0.3, 0.4) is 0 Å². The summed E-state index contributed by atoms with van der Waals surface area (Å²) >= 11 is 1.62. The van der Waals surface area contributed by atoms with Crippen LogP contribution < -0.4 is 10.2 Å². The average Bonchev–Trinajstić information content (AvgIpc) is 3.17. The quantitative estimate of drug-likeness (QED) is 0.883. The fourth-order valence-corrected chi connectivity index (χ4v) is 3.04. The zero-order chi connectivity index (χ0) is 14.5. The Hall–Kier alpha value is -2.14. The predicted octanol–water partition coefficient (Wildman–Crippen LogP) is 2.55. The van der Waals surface area contributed by atoms with E-state index >= 15 is 0 Å². The van der Waals surface area contributed by atoms with Gasteiger partial charge in [-0.2, -0.15) is 0 Å². The predicted molar refractivity (Wildman–Crippen MR) is 86.4 cm³/mol. The number of pyridine rings is 1. The summed E-state index contributed by atoms with van der Waals surface area (Å²) in [6.45, 7) is 1.74. The van der Waals surface area contributed by atoms with E-state index < -0.39 is 0 Å². The van der Waals surface area contributed by atoms with Gasteiger partial charge in [0.1, 0.15) is 5.82 Å². The Morgan fingerprint density at radius 3 is 3.10 bits per heavy atom. The van der Waals surface area contributed by atoms with Gasteiger partial charge in [0.05, 0.1) is 0 Å². The van der Waals surface area contributed by atoms with E-state index in [1.54, 1.807) is 23.6 Å². The molecule has 0 spiro atoms. The Morgan fingerprint density at radius 2 is 2.33 bits per heavy atom. The maximum Gasteiger partial charge on any atom is 0.244 e. The minimum Gasteiger partial charge on any atom is -0.354 e. The van der Waals surface area contributed by atoms with Crippen LogP contribution in [0.25, 0.3) is 6.08 Å². The number of aromatic nitrogens is 1. The van der Waals surface area contributed by atoms with Crippen molar-refractivity contribution in [2.24, 2.45) is 0 Å². The topological polar surface area (TPSA) is 45.2 Å². The van der Waals surface area contributed by atoms with E-state index in [9.17, 15) is 4.79 Å². The summed E-state index contributed by atoms with van der Waals surface area (Å²) < 4.78 is 0. The summed E-state index contributed by atoms with van der Waals surface area (Å²) in [6.07, 6.45) is 6.21. The highest BCUT2D eigenvalue weighted by molar-refractivity contribution is 7.10. The van der Waals surface area contributed by atoms with Crippen LogP contribution in [0.2, 0.25) is 0 Å². The third-order valence-corrected chi connectivity index (χ3v) is 4.29. The molecule has 3 heterocycles. The Balaban J connectivity index is 1.52. The molecule has 5 heteroatoms. The Morgan fingerprint density at radius 1 is 1.38 bits per heavy atom. The van der Waals surface area contributed by atoms with Crippen molar-refractivity contribution < 1.29 is 4.79 Å². The van der Waals surface area contributed by atoms with Crippen LogP contribution >= 0.6 is 11.3 Å². The number of amides is 1. The summed E-state index contributed by atoms with van der Waals surface area (Å²) in [4.78, 5) is 19.5. The average molecular weight is 299 g/mol. The zero-order valence-electron chi connectivity index (χ0n) is 11.6. The first-order chi connectivity index (χ1) is 10.3. The maximum atomic E-state index is 11.9. The van der Waals surface area contributed by atoms with E-state index in [1.165, 1.54) is 0 Å². The third kappa shape index (κ3) is 3.70. The fourth-order valence-electron chi connectivity index (χ4n) is 2.42. The van der Waals surface area contributed by atoms with Gasteiger partial charge in [-0.05, 0) is 36.1 Å². The summed E-state index contributed by atoms with van der Waals surface area (Å²) in [5, 5.41) is 5.05. The molecule has 1 aliphatic rings. The van der Waals surface area contributed by atoms with Gasteiger partial charge in [-0.1, -0.05) is 12.1 Å². The Bertz CT molecular complexity index is 610. The molecule has 4 nitrogen and oxygen atoms in total. The van der Waals surface area contributed by atoms with Crippen LogP contribution in [-0.2, 0) is 4.79 Å². The van der Waals surface area contributed by atoms with E-state index in [-0.39, 0.29) is 11.9 Å². The number of rotatable bonds is 4. The summed E-state index contributed by atoms with van der Waals surface area (Å²) in [6, 6.07) is 10.1. The van der Waals surface area contributed by atoms with Gasteiger partial charge in [0.25, 0.3) is 0 Å². The van der Waals surface area contributed by atoms with Crippen molar-refractivity contribution in [1.29, 1.82) is 0 Å². The number of carbonyl (C=O) groups is 1. The largest absolute Gasteiger partial charge is 0.354 e. The Kier molecular flexibility index (Phi) is 4.31. The molecular weight excluding hydrogens is 282 g/mol. The highest BCUT2D eigenvalue weighted by Crippen LogP contribution is 2.17. The van der Waals surface area contributed by atoms with E-state index in [2.05, 4.69) is 15.2 Å². The van der Waals surface area contributed by atoms with Gasteiger partial charge in [0.2, 0.25) is 5.91 Å². The normalized spacial score (nSPS) is 18.3. The van der Waals surface area contributed by atoms with E-state index in [4.69, 9.17) is 0 Å². The molecule has 1 aliphatic heterocycles. The standard InChI is InChI=1S/C16H17N3OS/c20-16(7-6-14-4-3-11-21-14)18-13-8-10-19(12-13)15-5-1-2-9-17-15/h1-7,9,11,13H,8,10,12H2,(H,18,20). The molecule has 21 heavy (non-hydrogen) atoms. The van der Waals surface area contributed by atoms with Crippen molar-refractivity contribution in [3.8, 4) is 0 Å². The van der Waals surface area contributed by atoms with Gasteiger partial charge >= 0.3 is 0 Å². The van der Waals surface area contributed by atoms with Gasteiger partial charge in [0.15, 0.2) is 0 Å². The van der Waals surface area contributed by atoms with Crippen molar-refractivity contribution in [3.05, 3.63) is 52.9 Å². The molecule has 0 aromatic carbocycles. The number of carbonyl (C=O) groups excluding carboxylic acids is 1. The van der Waals surface area contributed by atoms with E-state index in [0.29, 0.717) is 0 Å².